The molecule has 0 radical (unpaired) electrons. The number of aryl methyl sites for hydroxylation is 1. The van der Waals surface area contributed by atoms with Crippen LogP contribution in [0.1, 0.15) is 19.7 Å². The van der Waals surface area contributed by atoms with Gasteiger partial charge in [0.2, 0.25) is 0 Å². The molecule has 110 valence electrons. The third kappa shape index (κ3) is 3.07. The first-order valence-corrected chi connectivity index (χ1v) is 8.41. The minimum Gasteiger partial charge on any atom is -0.494 e. The minimum atomic E-state index is 0.151. The van der Waals surface area contributed by atoms with E-state index in [0.29, 0.717) is 5.88 Å². The Kier molecular flexibility index (Phi) is 4.86. The summed E-state index contributed by atoms with van der Waals surface area (Å²) in [4.78, 5) is 4.74. The van der Waals surface area contributed by atoms with Crippen molar-refractivity contribution in [3.05, 3.63) is 24.0 Å². The third-order valence-corrected chi connectivity index (χ3v) is 4.87. The summed E-state index contributed by atoms with van der Waals surface area (Å²) in [5, 5.41) is 0. The first kappa shape index (κ1) is 15.5. The zero-order valence-corrected chi connectivity index (χ0v) is 14.0. The van der Waals surface area contributed by atoms with Gasteiger partial charge >= 0.3 is 0 Å². The van der Waals surface area contributed by atoms with Crippen molar-refractivity contribution in [3.8, 4) is 5.75 Å². The normalized spacial score (nSPS) is 12.1. The Morgan fingerprint density at radius 2 is 2.15 bits per heavy atom. The van der Waals surface area contributed by atoms with Gasteiger partial charge in [0.1, 0.15) is 17.1 Å². The van der Waals surface area contributed by atoms with E-state index in [1.165, 1.54) is 0 Å². The number of methoxy groups -OCH3 is 1. The lowest BCUT2D eigenvalue weighted by Crippen LogP contribution is -2.23. The van der Waals surface area contributed by atoms with Crippen LogP contribution in [0.4, 0.5) is 0 Å². The molecule has 2 aromatic rings. The monoisotopic (exact) mass is 312 g/mol. The lowest BCUT2D eigenvalue weighted by atomic mass is 10.2. The molecule has 0 amide bonds. The van der Waals surface area contributed by atoms with Gasteiger partial charge in [-0.15, -0.1) is 11.6 Å². The molecule has 0 unspecified atom stereocenters. The quantitative estimate of drug-likeness (QED) is 0.755. The standard InChI is InChI=1S/C15H21ClN2OS/c1-15(2,20-4)10-18-11-6-5-7-12(19-3)14(11)17-13(18)8-9-16/h5-7H,8-10H2,1-4H3. The van der Waals surface area contributed by atoms with E-state index in [1.807, 2.05) is 23.9 Å². The number of alkyl halides is 1. The van der Waals surface area contributed by atoms with Gasteiger partial charge in [0.25, 0.3) is 0 Å². The maximum atomic E-state index is 5.92. The van der Waals surface area contributed by atoms with Gasteiger partial charge in [0.15, 0.2) is 0 Å². The van der Waals surface area contributed by atoms with E-state index in [1.54, 1.807) is 7.11 Å². The number of benzene rings is 1. The summed E-state index contributed by atoms with van der Waals surface area (Å²) in [6.45, 7) is 5.40. The molecule has 1 aromatic carbocycles. The summed E-state index contributed by atoms with van der Waals surface area (Å²) in [6.07, 6.45) is 2.91. The van der Waals surface area contributed by atoms with Crippen LogP contribution in [0.25, 0.3) is 11.0 Å². The first-order valence-electron chi connectivity index (χ1n) is 6.65. The molecule has 1 aromatic heterocycles. The van der Waals surface area contributed by atoms with E-state index >= 15 is 0 Å². The molecule has 0 saturated carbocycles. The molecule has 0 atom stereocenters. The van der Waals surface area contributed by atoms with Gasteiger partial charge in [-0.3, -0.25) is 0 Å². The Hall–Kier alpha value is -0.870. The van der Waals surface area contributed by atoms with Gasteiger partial charge in [-0.2, -0.15) is 11.8 Å². The number of rotatable bonds is 6. The molecule has 2 rings (SSSR count). The van der Waals surface area contributed by atoms with Crippen molar-refractivity contribution in [2.75, 3.05) is 19.2 Å². The Morgan fingerprint density at radius 1 is 1.40 bits per heavy atom. The molecule has 0 fully saturated rings. The Balaban J connectivity index is 2.57. The number of hydrogen-bond donors (Lipinski definition) is 0. The molecule has 0 N–H and O–H groups in total. The van der Waals surface area contributed by atoms with Crippen LogP contribution in [0.2, 0.25) is 0 Å². The van der Waals surface area contributed by atoms with Crippen LogP contribution in [0.15, 0.2) is 18.2 Å². The highest BCUT2D eigenvalue weighted by molar-refractivity contribution is 7.99. The van der Waals surface area contributed by atoms with E-state index in [4.69, 9.17) is 21.3 Å². The van der Waals surface area contributed by atoms with Crippen molar-refractivity contribution in [2.45, 2.75) is 31.6 Å². The zero-order valence-electron chi connectivity index (χ0n) is 12.4. The van der Waals surface area contributed by atoms with Gasteiger partial charge in [0.05, 0.1) is 12.6 Å². The van der Waals surface area contributed by atoms with Crippen molar-refractivity contribution >= 4 is 34.4 Å². The second-order valence-electron chi connectivity index (χ2n) is 5.34. The van der Waals surface area contributed by atoms with Gasteiger partial charge in [-0.25, -0.2) is 4.98 Å². The van der Waals surface area contributed by atoms with Crippen LogP contribution in [-0.2, 0) is 13.0 Å². The third-order valence-electron chi connectivity index (χ3n) is 3.45. The summed E-state index contributed by atoms with van der Waals surface area (Å²) in [5.41, 5.74) is 2.04. The van der Waals surface area contributed by atoms with Gasteiger partial charge in [0, 0.05) is 23.6 Å². The summed E-state index contributed by atoms with van der Waals surface area (Å²) in [6, 6.07) is 6.05. The topological polar surface area (TPSA) is 27.1 Å². The molecule has 0 bridgehead atoms. The number of thioether (sulfide) groups is 1. The molecule has 0 aliphatic rings. The maximum absolute atomic E-state index is 5.92. The van der Waals surface area contributed by atoms with Crippen LogP contribution in [0.5, 0.6) is 5.75 Å². The van der Waals surface area contributed by atoms with Crippen molar-refractivity contribution in [1.29, 1.82) is 0 Å². The average Bonchev–Trinajstić information content (AvgIpc) is 2.77. The maximum Gasteiger partial charge on any atom is 0.146 e. The molecule has 0 spiro atoms. The van der Waals surface area contributed by atoms with E-state index < -0.39 is 0 Å². The molecule has 3 nitrogen and oxygen atoms in total. The number of halogens is 1. The lowest BCUT2D eigenvalue weighted by molar-refractivity contribution is 0.419. The summed E-state index contributed by atoms with van der Waals surface area (Å²) in [5.74, 6) is 2.42. The van der Waals surface area contributed by atoms with Gasteiger partial charge < -0.3 is 9.30 Å². The number of imidazole rings is 1. The number of para-hydroxylation sites is 1. The van der Waals surface area contributed by atoms with Crippen molar-refractivity contribution in [3.63, 3.8) is 0 Å². The number of hydrogen-bond acceptors (Lipinski definition) is 3. The van der Waals surface area contributed by atoms with E-state index in [2.05, 4.69) is 30.7 Å². The Labute approximate surface area is 129 Å². The Bertz CT molecular complexity index is 595. The number of fused-ring (bicyclic) bond motifs is 1. The fourth-order valence-corrected chi connectivity index (χ4v) is 2.66. The fourth-order valence-electron chi connectivity index (χ4n) is 2.23. The molecule has 20 heavy (non-hydrogen) atoms. The van der Waals surface area contributed by atoms with E-state index in [-0.39, 0.29) is 4.75 Å². The smallest absolute Gasteiger partial charge is 0.146 e. The van der Waals surface area contributed by atoms with Crippen molar-refractivity contribution in [1.82, 2.24) is 9.55 Å². The largest absolute Gasteiger partial charge is 0.494 e. The number of aromatic nitrogens is 2. The van der Waals surface area contributed by atoms with Gasteiger partial charge in [-0.1, -0.05) is 6.07 Å². The molecule has 0 aliphatic heterocycles. The summed E-state index contributed by atoms with van der Waals surface area (Å²) in [7, 11) is 1.68. The molecule has 5 heteroatoms. The highest BCUT2D eigenvalue weighted by Crippen LogP contribution is 2.30. The predicted octanol–water partition coefficient (Wildman–Crippen LogP) is 3.97. The second kappa shape index (κ2) is 6.27. The van der Waals surface area contributed by atoms with Crippen LogP contribution in [0.3, 0.4) is 0 Å². The number of ether oxygens (including phenoxy) is 1. The Morgan fingerprint density at radius 3 is 2.75 bits per heavy atom. The summed E-state index contributed by atoms with van der Waals surface area (Å²) < 4.78 is 7.84. The molecule has 1 heterocycles. The molecule has 0 saturated heterocycles. The van der Waals surface area contributed by atoms with Crippen molar-refractivity contribution in [2.24, 2.45) is 0 Å². The predicted molar refractivity (Wildman–Crippen MR) is 88.3 cm³/mol. The van der Waals surface area contributed by atoms with E-state index in [0.717, 1.165) is 35.6 Å². The number of nitrogens with zero attached hydrogens (tertiary/aromatic N) is 2. The average molecular weight is 313 g/mol. The van der Waals surface area contributed by atoms with Crippen LogP contribution >= 0.6 is 23.4 Å². The fraction of sp³-hybridized carbons (Fsp3) is 0.533. The molecular formula is C15H21ClN2OS. The van der Waals surface area contributed by atoms with Crippen LogP contribution in [-0.4, -0.2) is 33.5 Å². The summed E-state index contributed by atoms with van der Waals surface area (Å²) >= 11 is 7.78. The SMILES string of the molecule is COc1cccc2c1nc(CCCl)n2CC(C)(C)SC. The first-order chi connectivity index (χ1) is 9.52. The highest BCUT2D eigenvalue weighted by atomic mass is 35.5. The highest BCUT2D eigenvalue weighted by Gasteiger charge is 2.21. The minimum absolute atomic E-state index is 0.151. The molecule has 0 aliphatic carbocycles. The van der Waals surface area contributed by atoms with Gasteiger partial charge in [-0.05, 0) is 32.2 Å². The zero-order chi connectivity index (χ0) is 14.8. The van der Waals surface area contributed by atoms with Crippen LogP contribution < -0.4 is 4.74 Å². The van der Waals surface area contributed by atoms with E-state index in [9.17, 15) is 0 Å². The van der Waals surface area contributed by atoms with Crippen molar-refractivity contribution < 1.29 is 4.74 Å². The lowest BCUT2D eigenvalue weighted by Gasteiger charge is -2.24. The molecular weight excluding hydrogens is 292 g/mol. The second-order valence-corrected chi connectivity index (χ2v) is 7.24. The van der Waals surface area contributed by atoms with Crippen LogP contribution in [0, 0.1) is 0 Å².